The molecule has 0 aliphatic carbocycles. The Kier molecular flexibility index (Phi) is 8.98. The molecule has 1 aromatic carbocycles. The molecule has 3 atom stereocenters. The van der Waals surface area contributed by atoms with Crippen molar-refractivity contribution in [3.63, 3.8) is 0 Å². The lowest BCUT2D eigenvalue weighted by Gasteiger charge is -2.23. The van der Waals surface area contributed by atoms with Crippen molar-refractivity contribution in [2.75, 3.05) is 6.61 Å². The van der Waals surface area contributed by atoms with Gasteiger partial charge in [0.2, 0.25) is 17.7 Å². The Balaban J connectivity index is 2.83. The van der Waals surface area contributed by atoms with Gasteiger partial charge in [0.1, 0.15) is 12.1 Å². The maximum Gasteiger partial charge on any atom is 0.308 e. The fraction of sp³-hybridized carbons (Fsp3) is 0.474. The van der Waals surface area contributed by atoms with E-state index in [1.54, 1.807) is 13.8 Å². The van der Waals surface area contributed by atoms with Gasteiger partial charge in [-0.25, -0.2) is 0 Å². The van der Waals surface area contributed by atoms with Crippen molar-refractivity contribution in [1.29, 1.82) is 0 Å². The molecule has 4 N–H and O–H groups in total. The van der Waals surface area contributed by atoms with Crippen LogP contribution in [0.25, 0.3) is 0 Å². The standard InChI is InChI=1S/C19H27N3O5/c1-4-27-19(26)12(2)10-15(17(20)24)22-18(25)16(21-13(3)23)11-14-8-6-5-7-9-14/h5-9,12,15-16H,4,10-11H2,1-3H3,(H2,20,24)(H,21,23)(H,22,25)/t12-,15-,16-/m1/s1. The van der Waals surface area contributed by atoms with Crippen LogP contribution in [0.2, 0.25) is 0 Å². The third kappa shape index (κ3) is 7.89. The van der Waals surface area contributed by atoms with E-state index in [9.17, 15) is 19.2 Å². The van der Waals surface area contributed by atoms with E-state index in [4.69, 9.17) is 10.5 Å². The fourth-order valence-electron chi connectivity index (χ4n) is 2.56. The molecule has 3 amide bonds. The average molecular weight is 377 g/mol. The molecule has 0 saturated heterocycles. The fourth-order valence-corrected chi connectivity index (χ4v) is 2.56. The van der Waals surface area contributed by atoms with E-state index < -0.39 is 35.8 Å². The molecule has 0 aliphatic heterocycles. The first-order chi connectivity index (χ1) is 12.7. The second-order valence-electron chi connectivity index (χ2n) is 6.30. The quantitative estimate of drug-likeness (QED) is 0.505. The van der Waals surface area contributed by atoms with Crippen molar-refractivity contribution >= 4 is 23.7 Å². The number of primary amides is 1. The summed E-state index contributed by atoms with van der Waals surface area (Å²) >= 11 is 0. The van der Waals surface area contributed by atoms with Gasteiger partial charge in [-0.15, -0.1) is 0 Å². The molecule has 0 bridgehead atoms. The zero-order valence-corrected chi connectivity index (χ0v) is 15.9. The van der Waals surface area contributed by atoms with Crippen LogP contribution >= 0.6 is 0 Å². The number of nitrogens with one attached hydrogen (secondary N) is 2. The van der Waals surface area contributed by atoms with Crippen molar-refractivity contribution in [3.8, 4) is 0 Å². The van der Waals surface area contributed by atoms with Crippen molar-refractivity contribution in [3.05, 3.63) is 35.9 Å². The average Bonchev–Trinajstić information content (AvgIpc) is 2.61. The van der Waals surface area contributed by atoms with E-state index in [0.717, 1.165) is 5.56 Å². The molecular weight excluding hydrogens is 350 g/mol. The van der Waals surface area contributed by atoms with E-state index in [1.165, 1.54) is 6.92 Å². The van der Waals surface area contributed by atoms with Gasteiger partial charge >= 0.3 is 5.97 Å². The van der Waals surface area contributed by atoms with Gasteiger partial charge in [0, 0.05) is 13.3 Å². The first-order valence-corrected chi connectivity index (χ1v) is 8.81. The Morgan fingerprint density at radius 2 is 1.70 bits per heavy atom. The van der Waals surface area contributed by atoms with Gasteiger partial charge in [-0.2, -0.15) is 0 Å². The molecule has 1 rings (SSSR count). The number of carbonyl (C=O) groups is 4. The summed E-state index contributed by atoms with van der Waals surface area (Å²) in [6.45, 7) is 4.80. The summed E-state index contributed by atoms with van der Waals surface area (Å²) < 4.78 is 4.91. The molecule has 0 aromatic heterocycles. The monoisotopic (exact) mass is 377 g/mol. The zero-order chi connectivity index (χ0) is 20.4. The van der Waals surface area contributed by atoms with Crippen LogP contribution in [-0.4, -0.2) is 42.4 Å². The van der Waals surface area contributed by atoms with Crippen LogP contribution in [-0.2, 0) is 30.3 Å². The third-order valence-electron chi connectivity index (χ3n) is 3.91. The molecule has 0 aliphatic rings. The largest absolute Gasteiger partial charge is 0.466 e. The number of hydrogen-bond donors (Lipinski definition) is 3. The van der Waals surface area contributed by atoms with E-state index in [1.807, 2.05) is 30.3 Å². The number of carbonyl (C=O) groups excluding carboxylic acids is 4. The molecule has 0 fully saturated rings. The molecule has 1 aromatic rings. The van der Waals surface area contributed by atoms with Gasteiger partial charge in [0.15, 0.2) is 0 Å². The number of hydrogen-bond acceptors (Lipinski definition) is 5. The highest BCUT2D eigenvalue weighted by atomic mass is 16.5. The lowest BCUT2D eigenvalue weighted by atomic mass is 10.00. The van der Waals surface area contributed by atoms with Gasteiger partial charge < -0.3 is 21.1 Å². The summed E-state index contributed by atoms with van der Waals surface area (Å²) in [4.78, 5) is 47.6. The van der Waals surface area contributed by atoms with Gasteiger partial charge in [0.05, 0.1) is 12.5 Å². The van der Waals surface area contributed by atoms with Crippen LogP contribution in [0.5, 0.6) is 0 Å². The Hall–Kier alpha value is -2.90. The molecule has 0 radical (unpaired) electrons. The van der Waals surface area contributed by atoms with Crippen LogP contribution in [0, 0.1) is 5.92 Å². The van der Waals surface area contributed by atoms with E-state index in [2.05, 4.69) is 10.6 Å². The van der Waals surface area contributed by atoms with Crippen LogP contribution in [0.4, 0.5) is 0 Å². The molecule has 0 saturated carbocycles. The molecule has 0 spiro atoms. The van der Waals surface area contributed by atoms with Gasteiger partial charge in [0.25, 0.3) is 0 Å². The highest BCUT2D eigenvalue weighted by molar-refractivity contribution is 5.91. The molecule has 0 heterocycles. The minimum absolute atomic E-state index is 0.0119. The highest BCUT2D eigenvalue weighted by Crippen LogP contribution is 2.10. The van der Waals surface area contributed by atoms with Crippen molar-refractivity contribution in [2.24, 2.45) is 11.7 Å². The Morgan fingerprint density at radius 1 is 1.07 bits per heavy atom. The Bertz CT molecular complexity index is 663. The summed E-state index contributed by atoms with van der Waals surface area (Å²) in [6.07, 6.45) is 0.267. The maximum absolute atomic E-state index is 12.6. The number of nitrogens with two attached hydrogens (primary N) is 1. The minimum atomic E-state index is -1.05. The molecule has 8 nitrogen and oxygen atoms in total. The topological polar surface area (TPSA) is 128 Å². The number of benzene rings is 1. The molecular formula is C19H27N3O5. The smallest absolute Gasteiger partial charge is 0.308 e. The SMILES string of the molecule is CCOC(=O)[C@H](C)C[C@@H](NC(=O)[C@@H](Cc1ccccc1)NC(C)=O)C(N)=O. The first kappa shape index (κ1) is 22.1. The minimum Gasteiger partial charge on any atom is -0.466 e. The molecule has 0 unspecified atom stereocenters. The Morgan fingerprint density at radius 3 is 2.22 bits per heavy atom. The third-order valence-corrected chi connectivity index (χ3v) is 3.91. The summed E-state index contributed by atoms with van der Waals surface area (Å²) in [5.74, 6) is -2.77. The number of ether oxygens (including phenoxy) is 1. The first-order valence-electron chi connectivity index (χ1n) is 8.81. The predicted octanol–water partition coefficient (Wildman–Crippen LogP) is 0.293. The maximum atomic E-state index is 12.6. The van der Waals surface area contributed by atoms with E-state index in [-0.39, 0.29) is 25.4 Å². The molecule has 8 heteroatoms. The number of rotatable bonds is 10. The van der Waals surface area contributed by atoms with Gasteiger partial charge in [-0.05, 0) is 18.9 Å². The Labute approximate surface area is 158 Å². The van der Waals surface area contributed by atoms with Crippen LogP contribution < -0.4 is 16.4 Å². The molecule has 27 heavy (non-hydrogen) atoms. The normalized spacial score (nSPS) is 13.7. The lowest BCUT2D eigenvalue weighted by Crippen LogP contribution is -2.54. The van der Waals surface area contributed by atoms with Crippen LogP contribution in [0.15, 0.2) is 30.3 Å². The zero-order valence-electron chi connectivity index (χ0n) is 15.9. The highest BCUT2D eigenvalue weighted by Gasteiger charge is 2.28. The van der Waals surface area contributed by atoms with E-state index >= 15 is 0 Å². The second kappa shape index (κ2) is 10.9. The summed E-state index contributed by atoms with van der Waals surface area (Å²) in [5, 5.41) is 5.11. The summed E-state index contributed by atoms with van der Waals surface area (Å²) in [6, 6.07) is 7.23. The lowest BCUT2D eigenvalue weighted by molar-refractivity contribution is -0.148. The van der Waals surface area contributed by atoms with Crippen molar-refractivity contribution < 1.29 is 23.9 Å². The van der Waals surface area contributed by atoms with Gasteiger partial charge in [-0.3, -0.25) is 19.2 Å². The van der Waals surface area contributed by atoms with Crippen molar-refractivity contribution in [1.82, 2.24) is 10.6 Å². The number of esters is 1. The van der Waals surface area contributed by atoms with Crippen molar-refractivity contribution in [2.45, 2.75) is 45.7 Å². The molecule has 148 valence electrons. The predicted molar refractivity (Wildman–Crippen MR) is 99.3 cm³/mol. The van der Waals surface area contributed by atoms with Crippen LogP contribution in [0.1, 0.15) is 32.8 Å². The summed E-state index contributed by atoms with van der Waals surface area (Å²) in [5.41, 5.74) is 6.22. The summed E-state index contributed by atoms with van der Waals surface area (Å²) in [7, 11) is 0. The van der Waals surface area contributed by atoms with Crippen LogP contribution in [0.3, 0.4) is 0 Å². The second-order valence-corrected chi connectivity index (χ2v) is 6.30. The number of amides is 3. The van der Waals surface area contributed by atoms with E-state index in [0.29, 0.717) is 0 Å². The van der Waals surface area contributed by atoms with Gasteiger partial charge in [-0.1, -0.05) is 37.3 Å².